The molecular formula is C18H18FN5. The lowest BCUT2D eigenvalue weighted by atomic mass is 10.2. The quantitative estimate of drug-likeness (QED) is 0.559. The van der Waals surface area contributed by atoms with E-state index in [0.29, 0.717) is 5.82 Å². The van der Waals surface area contributed by atoms with Gasteiger partial charge in [-0.25, -0.2) is 19.0 Å². The summed E-state index contributed by atoms with van der Waals surface area (Å²) in [6.07, 6.45) is 5.27. The molecule has 0 radical (unpaired) electrons. The van der Waals surface area contributed by atoms with Gasteiger partial charge >= 0.3 is 0 Å². The fourth-order valence-electron chi connectivity index (χ4n) is 2.44. The first kappa shape index (κ1) is 15.9. The van der Waals surface area contributed by atoms with Crippen LogP contribution in [0.1, 0.15) is 19.5 Å². The molecule has 0 fully saturated rings. The van der Waals surface area contributed by atoms with Crippen molar-refractivity contribution in [2.45, 2.75) is 20.8 Å². The largest absolute Gasteiger partial charge is 0.302 e. The summed E-state index contributed by atoms with van der Waals surface area (Å²) in [6, 6.07) is 10.1. The Labute approximate surface area is 139 Å². The molecule has 24 heavy (non-hydrogen) atoms. The van der Waals surface area contributed by atoms with E-state index in [1.54, 1.807) is 16.8 Å². The molecule has 4 aromatic rings. The minimum atomic E-state index is -0.273. The second kappa shape index (κ2) is 6.62. The molecule has 6 heteroatoms. The van der Waals surface area contributed by atoms with Crippen molar-refractivity contribution in [2.24, 2.45) is 0 Å². The number of hydrogen-bond donors (Lipinski definition) is 0. The molecule has 4 rings (SSSR count). The molecule has 1 aromatic carbocycles. The zero-order valence-electron chi connectivity index (χ0n) is 13.8. The van der Waals surface area contributed by atoms with E-state index in [0.717, 1.165) is 22.6 Å². The Kier molecular flexibility index (Phi) is 4.37. The summed E-state index contributed by atoms with van der Waals surface area (Å²) in [4.78, 5) is 8.59. The van der Waals surface area contributed by atoms with Gasteiger partial charge in [0, 0.05) is 23.7 Å². The predicted octanol–water partition coefficient (Wildman–Crippen LogP) is 4.06. The first-order chi connectivity index (χ1) is 11.7. The van der Waals surface area contributed by atoms with Crippen LogP contribution in [-0.2, 0) is 0 Å². The maximum atomic E-state index is 13.1. The van der Waals surface area contributed by atoms with Crippen LogP contribution in [0.5, 0.6) is 0 Å². The molecule has 3 aromatic heterocycles. The van der Waals surface area contributed by atoms with Gasteiger partial charge in [0.05, 0.1) is 5.69 Å². The Morgan fingerprint density at radius 1 is 0.958 bits per heavy atom. The van der Waals surface area contributed by atoms with Gasteiger partial charge < -0.3 is 4.40 Å². The molecule has 122 valence electrons. The summed E-state index contributed by atoms with van der Waals surface area (Å²) in [7, 11) is 0. The van der Waals surface area contributed by atoms with Crippen molar-refractivity contribution in [3.05, 3.63) is 66.6 Å². The van der Waals surface area contributed by atoms with Gasteiger partial charge in [0.15, 0.2) is 5.82 Å². The maximum Gasteiger partial charge on any atom is 0.163 e. The molecule has 0 amide bonds. The Morgan fingerprint density at radius 2 is 1.71 bits per heavy atom. The predicted molar refractivity (Wildman–Crippen MR) is 91.6 cm³/mol. The van der Waals surface area contributed by atoms with Crippen molar-refractivity contribution in [1.29, 1.82) is 0 Å². The molecule has 3 heterocycles. The summed E-state index contributed by atoms with van der Waals surface area (Å²) >= 11 is 0. The van der Waals surface area contributed by atoms with Crippen LogP contribution in [-0.4, -0.2) is 24.1 Å². The standard InChI is InChI=1S/C16H12FN5.C2H6/c1-11-8-18-15-7-6-14(9-21(11)15)22-16(19-10-20-22)12-2-4-13(17)5-3-12;1-2/h2-10H,1H3;1-2H3. The van der Waals surface area contributed by atoms with Crippen LogP contribution in [0.3, 0.4) is 0 Å². The van der Waals surface area contributed by atoms with Crippen LogP contribution >= 0.6 is 0 Å². The van der Waals surface area contributed by atoms with Crippen molar-refractivity contribution >= 4 is 5.65 Å². The van der Waals surface area contributed by atoms with Crippen molar-refractivity contribution in [1.82, 2.24) is 24.1 Å². The van der Waals surface area contributed by atoms with Gasteiger partial charge in [0.2, 0.25) is 0 Å². The highest BCUT2D eigenvalue weighted by Crippen LogP contribution is 2.21. The van der Waals surface area contributed by atoms with Crippen LogP contribution in [0.15, 0.2) is 55.1 Å². The number of benzene rings is 1. The van der Waals surface area contributed by atoms with Crippen LogP contribution < -0.4 is 0 Å². The van der Waals surface area contributed by atoms with Crippen molar-refractivity contribution in [3.8, 4) is 17.1 Å². The number of imidazole rings is 1. The fourth-order valence-corrected chi connectivity index (χ4v) is 2.44. The molecule has 0 aliphatic rings. The lowest BCUT2D eigenvalue weighted by Crippen LogP contribution is -2.01. The topological polar surface area (TPSA) is 48.0 Å². The number of aryl methyl sites for hydroxylation is 1. The zero-order valence-corrected chi connectivity index (χ0v) is 13.8. The molecule has 0 saturated heterocycles. The Bertz CT molecular complexity index is 953. The normalized spacial score (nSPS) is 10.5. The third-order valence-electron chi connectivity index (χ3n) is 3.57. The summed E-state index contributed by atoms with van der Waals surface area (Å²) in [5.41, 5.74) is 3.59. The van der Waals surface area contributed by atoms with Crippen LogP contribution in [0.2, 0.25) is 0 Å². The van der Waals surface area contributed by atoms with E-state index in [9.17, 15) is 4.39 Å². The number of pyridine rings is 1. The van der Waals surface area contributed by atoms with E-state index in [-0.39, 0.29) is 5.82 Å². The first-order valence-corrected chi connectivity index (χ1v) is 7.82. The number of aromatic nitrogens is 5. The summed E-state index contributed by atoms with van der Waals surface area (Å²) in [6.45, 7) is 5.99. The van der Waals surface area contributed by atoms with Gasteiger partial charge in [-0.2, -0.15) is 5.10 Å². The van der Waals surface area contributed by atoms with Gasteiger partial charge in [-0.15, -0.1) is 0 Å². The average molecular weight is 323 g/mol. The average Bonchev–Trinajstić information content (AvgIpc) is 3.24. The number of hydrogen-bond acceptors (Lipinski definition) is 3. The Balaban J connectivity index is 0.000000815. The van der Waals surface area contributed by atoms with Crippen LogP contribution in [0.4, 0.5) is 4.39 Å². The second-order valence-corrected chi connectivity index (χ2v) is 5.02. The lowest BCUT2D eigenvalue weighted by molar-refractivity contribution is 0.628. The van der Waals surface area contributed by atoms with Gasteiger partial charge in [-0.05, 0) is 43.3 Å². The van der Waals surface area contributed by atoms with E-state index in [4.69, 9.17) is 0 Å². The van der Waals surface area contributed by atoms with Gasteiger partial charge in [0.25, 0.3) is 0 Å². The SMILES string of the molecule is CC.Cc1cnc2ccc(-n3ncnc3-c3ccc(F)cc3)cn12. The first-order valence-electron chi connectivity index (χ1n) is 7.82. The molecule has 0 N–H and O–H groups in total. The lowest BCUT2D eigenvalue weighted by Gasteiger charge is -2.07. The number of fused-ring (bicyclic) bond motifs is 1. The molecule has 0 bridgehead atoms. The molecule has 5 nitrogen and oxygen atoms in total. The number of nitrogens with zero attached hydrogens (tertiary/aromatic N) is 5. The Morgan fingerprint density at radius 3 is 2.46 bits per heavy atom. The van der Waals surface area contributed by atoms with Gasteiger partial charge in [-0.1, -0.05) is 13.8 Å². The smallest absolute Gasteiger partial charge is 0.163 e. The van der Waals surface area contributed by atoms with E-state index in [1.807, 2.05) is 49.7 Å². The van der Waals surface area contributed by atoms with Crippen molar-refractivity contribution in [2.75, 3.05) is 0 Å². The molecule has 0 aliphatic heterocycles. The third kappa shape index (κ3) is 2.78. The summed E-state index contributed by atoms with van der Waals surface area (Å²) in [5, 5.41) is 4.28. The van der Waals surface area contributed by atoms with E-state index >= 15 is 0 Å². The van der Waals surface area contributed by atoms with Crippen molar-refractivity contribution < 1.29 is 4.39 Å². The maximum absolute atomic E-state index is 13.1. The number of halogens is 1. The van der Waals surface area contributed by atoms with Crippen LogP contribution in [0.25, 0.3) is 22.7 Å². The van der Waals surface area contributed by atoms with E-state index in [2.05, 4.69) is 15.1 Å². The molecule has 0 unspecified atom stereocenters. The zero-order chi connectivity index (χ0) is 17.1. The van der Waals surface area contributed by atoms with E-state index in [1.165, 1.54) is 18.5 Å². The summed E-state index contributed by atoms with van der Waals surface area (Å²) < 4.78 is 16.8. The molecule has 0 atom stereocenters. The Hall–Kier alpha value is -3.02. The minimum Gasteiger partial charge on any atom is -0.302 e. The highest BCUT2D eigenvalue weighted by atomic mass is 19.1. The molecule has 0 aliphatic carbocycles. The summed E-state index contributed by atoms with van der Waals surface area (Å²) in [5.74, 6) is 0.391. The van der Waals surface area contributed by atoms with Crippen molar-refractivity contribution in [3.63, 3.8) is 0 Å². The minimum absolute atomic E-state index is 0.273. The molecule has 0 spiro atoms. The monoisotopic (exact) mass is 323 g/mol. The molecule has 0 saturated carbocycles. The van der Waals surface area contributed by atoms with Gasteiger partial charge in [0.1, 0.15) is 17.8 Å². The highest BCUT2D eigenvalue weighted by molar-refractivity contribution is 5.58. The fraction of sp³-hybridized carbons (Fsp3) is 0.167. The van der Waals surface area contributed by atoms with Crippen LogP contribution in [0, 0.1) is 12.7 Å². The highest BCUT2D eigenvalue weighted by Gasteiger charge is 2.10. The van der Waals surface area contributed by atoms with E-state index < -0.39 is 0 Å². The second-order valence-electron chi connectivity index (χ2n) is 5.02. The molecular weight excluding hydrogens is 305 g/mol. The third-order valence-corrected chi connectivity index (χ3v) is 3.57. The number of rotatable bonds is 2. The van der Waals surface area contributed by atoms with Gasteiger partial charge in [-0.3, -0.25) is 0 Å².